The van der Waals surface area contributed by atoms with Gasteiger partial charge in [-0.1, -0.05) is 11.2 Å². The van der Waals surface area contributed by atoms with E-state index in [2.05, 4.69) is 15.5 Å². The minimum Gasteiger partial charge on any atom is -0.335 e. The summed E-state index contributed by atoms with van der Waals surface area (Å²) in [5, 5.41) is 7.38. The lowest BCUT2D eigenvalue weighted by molar-refractivity contribution is 0.102. The summed E-state index contributed by atoms with van der Waals surface area (Å²) in [6.07, 6.45) is 0. The summed E-state index contributed by atoms with van der Waals surface area (Å²) in [6.45, 7) is 7.57. The first kappa shape index (κ1) is 23.1. The summed E-state index contributed by atoms with van der Waals surface area (Å²) >= 11 is 1.65. The van der Waals surface area contributed by atoms with Gasteiger partial charge in [0.2, 0.25) is 10.0 Å². The Hall–Kier alpha value is -3.08. The number of benzene rings is 1. The summed E-state index contributed by atoms with van der Waals surface area (Å²) in [7, 11) is -0.718. The smallest absolute Gasteiger partial charge is 0.259 e. The molecule has 0 fully saturated rings. The fourth-order valence-corrected chi connectivity index (χ4v) is 5.46. The van der Waals surface area contributed by atoms with Gasteiger partial charge in [-0.3, -0.25) is 4.79 Å². The minimum atomic E-state index is -3.65. The molecule has 0 saturated heterocycles. The van der Waals surface area contributed by atoms with Gasteiger partial charge in [0.15, 0.2) is 0 Å². The molecule has 1 aromatic carbocycles. The largest absolute Gasteiger partial charge is 0.335 e. The number of aromatic nitrogens is 2. The normalized spacial score (nSPS) is 12.0. The molecule has 0 spiro atoms. The summed E-state index contributed by atoms with van der Waals surface area (Å²) in [5.41, 5.74) is 3.87. The van der Waals surface area contributed by atoms with Gasteiger partial charge in [0.1, 0.15) is 0 Å². The van der Waals surface area contributed by atoms with Crippen LogP contribution in [0.3, 0.4) is 0 Å². The third-order valence-electron chi connectivity index (χ3n) is 5.41. The third-order valence-corrected chi connectivity index (χ3v) is 8.19. The molecule has 0 radical (unpaired) electrons. The Morgan fingerprint density at radius 1 is 1.09 bits per heavy atom. The van der Waals surface area contributed by atoms with Crippen molar-refractivity contribution in [2.24, 2.45) is 0 Å². The topological polar surface area (TPSA) is 105 Å². The Balaban J connectivity index is 1.81. The molecule has 0 unspecified atom stereocenters. The van der Waals surface area contributed by atoms with Crippen molar-refractivity contribution in [2.75, 3.05) is 19.4 Å². The number of hydrogen-bond donors (Lipinski definition) is 1. The van der Waals surface area contributed by atoms with Gasteiger partial charge in [0.25, 0.3) is 11.6 Å². The van der Waals surface area contributed by atoms with Gasteiger partial charge in [-0.05, 0) is 57.5 Å². The van der Waals surface area contributed by atoms with Gasteiger partial charge in [-0.25, -0.2) is 17.7 Å². The fourth-order valence-electron chi connectivity index (χ4n) is 3.59. The van der Waals surface area contributed by atoms with Gasteiger partial charge in [0.05, 0.1) is 27.2 Å². The lowest BCUT2D eigenvalue weighted by Crippen LogP contribution is -2.22. The van der Waals surface area contributed by atoms with E-state index in [1.54, 1.807) is 37.3 Å². The van der Waals surface area contributed by atoms with Crippen LogP contribution in [-0.4, -0.2) is 42.9 Å². The van der Waals surface area contributed by atoms with Crippen LogP contribution in [0.4, 0.5) is 5.69 Å². The van der Waals surface area contributed by atoms with Crippen LogP contribution in [-0.2, 0) is 10.0 Å². The molecule has 3 heterocycles. The monoisotopic (exact) mass is 484 g/mol. The quantitative estimate of drug-likeness (QED) is 0.441. The molecule has 0 bridgehead atoms. The zero-order valence-electron chi connectivity index (χ0n) is 19.2. The molecule has 4 aromatic rings. The second-order valence-corrected chi connectivity index (χ2v) is 11.7. The Morgan fingerprint density at radius 3 is 2.45 bits per heavy atom. The highest BCUT2D eigenvalue weighted by Crippen LogP contribution is 2.33. The Labute approximate surface area is 196 Å². The van der Waals surface area contributed by atoms with Crippen molar-refractivity contribution in [3.8, 4) is 11.3 Å². The van der Waals surface area contributed by atoms with Gasteiger partial charge >= 0.3 is 0 Å². The van der Waals surface area contributed by atoms with Crippen LogP contribution >= 0.6 is 11.3 Å². The number of hydrogen-bond acceptors (Lipinski definition) is 7. The first-order chi connectivity index (χ1) is 15.5. The lowest BCUT2D eigenvalue weighted by atomic mass is 10.0. The number of pyridine rings is 1. The van der Waals surface area contributed by atoms with E-state index in [1.807, 2.05) is 19.9 Å². The number of nitrogens with zero attached hydrogens (tertiary/aromatic N) is 3. The van der Waals surface area contributed by atoms with E-state index in [9.17, 15) is 13.2 Å². The second-order valence-electron chi connectivity index (χ2n) is 8.05. The van der Waals surface area contributed by atoms with E-state index < -0.39 is 15.9 Å². The van der Waals surface area contributed by atoms with Crippen molar-refractivity contribution < 1.29 is 17.7 Å². The van der Waals surface area contributed by atoms with Crippen molar-refractivity contribution in [3.63, 3.8) is 0 Å². The molecule has 4 rings (SSSR count). The van der Waals surface area contributed by atoms with Crippen LogP contribution in [0.25, 0.3) is 22.4 Å². The number of anilines is 1. The zero-order valence-corrected chi connectivity index (χ0v) is 20.8. The molecule has 33 heavy (non-hydrogen) atoms. The molecular weight excluding hydrogens is 460 g/mol. The average Bonchev–Trinajstić information content (AvgIpc) is 3.29. The fraction of sp³-hybridized carbons (Fsp3) is 0.261. The molecule has 0 atom stereocenters. The van der Waals surface area contributed by atoms with E-state index in [-0.39, 0.29) is 10.6 Å². The van der Waals surface area contributed by atoms with E-state index in [0.29, 0.717) is 28.0 Å². The van der Waals surface area contributed by atoms with Crippen LogP contribution < -0.4 is 5.32 Å². The Bertz CT molecular complexity index is 1500. The molecule has 8 nitrogen and oxygen atoms in total. The number of amides is 1. The van der Waals surface area contributed by atoms with E-state index in [1.165, 1.54) is 26.2 Å². The van der Waals surface area contributed by atoms with Crippen LogP contribution in [0.1, 0.15) is 31.4 Å². The molecule has 0 aliphatic carbocycles. The Kier molecular flexibility index (Phi) is 5.85. The summed E-state index contributed by atoms with van der Waals surface area (Å²) in [5.74, 6) is -0.401. The number of rotatable bonds is 5. The molecule has 1 N–H and O–H groups in total. The number of sulfonamides is 1. The molecule has 1 amide bonds. The van der Waals surface area contributed by atoms with Gasteiger partial charge in [-0.2, -0.15) is 0 Å². The van der Waals surface area contributed by atoms with Crippen molar-refractivity contribution in [1.82, 2.24) is 14.4 Å². The van der Waals surface area contributed by atoms with E-state index in [4.69, 9.17) is 4.52 Å². The predicted octanol–water partition coefficient (Wildman–Crippen LogP) is 4.69. The molecule has 10 heteroatoms. The van der Waals surface area contributed by atoms with Crippen LogP contribution in [0.15, 0.2) is 39.8 Å². The first-order valence-corrected chi connectivity index (χ1v) is 12.4. The van der Waals surface area contributed by atoms with Crippen LogP contribution in [0, 0.1) is 27.7 Å². The standard InChI is InChI=1S/C23H24N4O4S2/c1-12-7-8-16(33(29,30)27(5)6)10-19(12)24-22(28)18-11-20(17-9-13(2)32-15(17)4)25-23-21(18)14(3)26-31-23/h7-11H,1-6H3,(H,24,28). The van der Waals surface area contributed by atoms with Crippen molar-refractivity contribution in [2.45, 2.75) is 32.6 Å². The number of thiophene rings is 1. The van der Waals surface area contributed by atoms with Crippen LogP contribution in [0.5, 0.6) is 0 Å². The number of aryl methyl sites for hydroxylation is 4. The molecular formula is C23H24N4O4S2. The third kappa shape index (κ3) is 4.17. The highest BCUT2D eigenvalue weighted by Gasteiger charge is 2.23. The maximum atomic E-state index is 13.4. The maximum absolute atomic E-state index is 13.4. The van der Waals surface area contributed by atoms with Gasteiger partial charge in [-0.15, -0.1) is 11.3 Å². The molecule has 0 aliphatic rings. The van der Waals surface area contributed by atoms with E-state index in [0.717, 1.165) is 25.2 Å². The SMILES string of the molecule is Cc1cc(-c2cc(C(=O)Nc3cc(S(=O)(=O)N(C)C)ccc3C)c3c(C)noc3n2)c(C)s1. The molecule has 0 saturated carbocycles. The minimum absolute atomic E-state index is 0.0968. The number of nitrogens with one attached hydrogen (secondary N) is 1. The summed E-state index contributed by atoms with van der Waals surface area (Å²) in [6, 6.07) is 8.41. The van der Waals surface area contributed by atoms with Crippen molar-refractivity contribution in [3.05, 3.63) is 56.9 Å². The Morgan fingerprint density at radius 2 is 1.82 bits per heavy atom. The average molecular weight is 485 g/mol. The highest BCUT2D eigenvalue weighted by molar-refractivity contribution is 7.89. The lowest BCUT2D eigenvalue weighted by Gasteiger charge is -2.15. The first-order valence-electron chi connectivity index (χ1n) is 10.2. The molecule has 172 valence electrons. The zero-order chi connectivity index (χ0) is 24.1. The van der Waals surface area contributed by atoms with Gasteiger partial charge in [0, 0.05) is 35.1 Å². The number of carbonyl (C=O) groups excluding carboxylic acids is 1. The summed E-state index contributed by atoms with van der Waals surface area (Å²) < 4.78 is 31.6. The summed E-state index contributed by atoms with van der Waals surface area (Å²) in [4.78, 5) is 20.3. The second kappa shape index (κ2) is 8.36. The molecule has 3 aromatic heterocycles. The number of carbonyl (C=O) groups is 1. The van der Waals surface area contributed by atoms with Crippen LogP contribution in [0.2, 0.25) is 0 Å². The van der Waals surface area contributed by atoms with E-state index >= 15 is 0 Å². The highest BCUT2D eigenvalue weighted by atomic mass is 32.2. The predicted molar refractivity (Wildman–Crippen MR) is 129 cm³/mol. The van der Waals surface area contributed by atoms with Crippen molar-refractivity contribution >= 4 is 44.1 Å². The number of fused-ring (bicyclic) bond motifs is 1. The van der Waals surface area contributed by atoms with Crippen molar-refractivity contribution in [1.29, 1.82) is 0 Å². The van der Waals surface area contributed by atoms with Gasteiger partial charge < -0.3 is 9.84 Å². The maximum Gasteiger partial charge on any atom is 0.259 e. The molecule has 0 aliphatic heterocycles.